The van der Waals surface area contributed by atoms with Crippen molar-refractivity contribution in [2.24, 2.45) is 0 Å². The molecule has 0 N–H and O–H groups in total. The summed E-state index contributed by atoms with van der Waals surface area (Å²) in [6, 6.07) is 11.7. The molecule has 0 aliphatic rings. The molecule has 20 heavy (non-hydrogen) atoms. The van der Waals surface area contributed by atoms with E-state index in [4.69, 9.17) is 16.9 Å². The van der Waals surface area contributed by atoms with Crippen LogP contribution in [0, 0.1) is 11.3 Å². The quantitative estimate of drug-likeness (QED) is 0.870. The molecule has 0 fully saturated rings. The highest BCUT2D eigenvalue weighted by Crippen LogP contribution is 2.15. The largest absolute Gasteiger partial charge is 0.246 e. The summed E-state index contributed by atoms with van der Waals surface area (Å²) < 4.78 is 24.2. The van der Waals surface area contributed by atoms with Gasteiger partial charge in [0.05, 0.1) is 11.5 Å². The maximum Gasteiger partial charge on any atom is 0.158 e. The molecule has 2 aromatic rings. The number of halogens is 1. The van der Waals surface area contributed by atoms with Crippen LogP contribution in [0.1, 0.15) is 16.8 Å². The lowest BCUT2D eigenvalue weighted by atomic mass is 10.2. The summed E-state index contributed by atoms with van der Waals surface area (Å²) in [6.45, 7) is 0. The Balaban J connectivity index is 2.15. The van der Waals surface area contributed by atoms with E-state index < -0.39 is 9.84 Å². The Bertz CT molecular complexity index is 749. The van der Waals surface area contributed by atoms with Gasteiger partial charge in [-0.1, -0.05) is 23.7 Å². The van der Waals surface area contributed by atoms with E-state index in [1.54, 1.807) is 30.3 Å². The average Bonchev–Trinajstić information content (AvgIpc) is 2.41. The van der Waals surface area contributed by atoms with Gasteiger partial charge in [0.25, 0.3) is 0 Å². The molecule has 0 bridgehead atoms. The smallest absolute Gasteiger partial charge is 0.158 e. The normalized spacial score (nSPS) is 11.0. The average molecular weight is 307 g/mol. The Hall–Kier alpha value is -1.90. The Morgan fingerprint density at radius 2 is 1.75 bits per heavy atom. The molecule has 0 radical (unpaired) electrons. The van der Waals surface area contributed by atoms with Crippen molar-refractivity contribution >= 4 is 21.4 Å². The Kier molecular flexibility index (Phi) is 4.38. The van der Waals surface area contributed by atoms with Crippen molar-refractivity contribution in [3.63, 3.8) is 0 Å². The molecule has 1 aromatic heterocycles. The Morgan fingerprint density at radius 1 is 1.10 bits per heavy atom. The van der Waals surface area contributed by atoms with Crippen LogP contribution in [-0.4, -0.2) is 13.4 Å². The minimum absolute atomic E-state index is 0.0611. The van der Waals surface area contributed by atoms with Gasteiger partial charge in [0.1, 0.15) is 11.8 Å². The summed E-state index contributed by atoms with van der Waals surface area (Å²) in [5.41, 5.74) is 1.46. The van der Waals surface area contributed by atoms with Crippen LogP contribution >= 0.6 is 11.6 Å². The highest BCUT2D eigenvalue weighted by molar-refractivity contribution is 7.89. The van der Waals surface area contributed by atoms with E-state index in [1.807, 2.05) is 6.07 Å². The number of aromatic nitrogens is 1. The number of sulfone groups is 1. The second kappa shape index (κ2) is 6.04. The molecule has 0 aliphatic heterocycles. The maximum atomic E-state index is 12.1. The van der Waals surface area contributed by atoms with Crippen LogP contribution in [0.4, 0.5) is 0 Å². The van der Waals surface area contributed by atoms with E-state index in [-0.39, 0.29) is 17.2 Å². The van der Waals surface area contributed by atoms with Crippen LogP contribution in [0.3, 0.4) is 0 Å². The number of benzene rings is 1. The van der Waals surface area contributed by atoms with Gasteiger partial charge in [0, 0.05) is 11.2 Å². The monoisotopic (exact) mass is 306 g/mol. The third-order valence-electron chi connectivity index (χ3n) is 2.63. The van der Waals surface area contributed by atoms with Crippen molar-refractivity contribution in [3.05, 3.63) is 64.4 Å². The van der Waals surface area contributed by atoms with Gasteiger partial charge < -0.3 is 0 Å². The van der Waals surface area contributed by atoms with Crippen molar-refractivity contribution in [1.82, 2.24) is 4.98 Å². The van der Waals surface area contributed by atoms with Gasteiger partial charge in [-0.05, 0) is 35.4 Å². The molecule has 6 heteroatoms. The van der Waals surface area contributed by atoms with Gasteiger partial charge in [-0.15, -0.1) is 0 Å². The van der Waals surface area contributed by atoms with Gasteiger partial charge in [-0.2, -0.15) is 5.26 Å². The second-order valence-corrected chi connectivity index (χ2v) is 6.82. The highest BCUT2D eigenvalue weighted by atomic mass is 35.5. The molecule has 4 nitrogen and oxygen atoms in total. The zero-order valence-corrected chi connectivity index (χ0v) is 12.0. The summed E-state index contributed by atoms with van der Waals surface area (Å²) in [6.07, 6.45) is 1.44. The third-order valence-corrected chi connectivity index (χ3v) is 4.42. The van der Waals surface area contributed by atoms with E-state index in [9.17, 15) is 8.42 Å². The minimum Gasteiger partial charge on any atom is -0.246 e. The minimum atomic E-state index is -3.31. The molecular formula is C14H11ClN2O2S. The molecule has 0 unspecified atom stereocenters. The fourth-order valence-electron chi connectivity index (χ4n) is 1.76. The van der Waals surface area contributed by atoms with Crippen molar-refractivity contribution in [3.8, 4) is 6.07 Å². The predicted molar refractivity (Wildman–Crippen MR) is 76.7 cm³/mol. The van der Waals surface area contributed by atoms with E-state index in [1.165, 1.54) is 12.3 Å². The molecular weight excluding hydrogens is 296 g/mol. The summed E-state index contributed by atoms with van der Waals surface area (Å²) in [4.78, 5) is 3.81. The maximum absolute atomic E-state index is 12.1. The number of nitrogens with zero attached hydrogens (tertiary/aromatic N) is 2. The molecule has 1 aromatic carbocycles. The van der Waals surface area contributed by atoms with Gasteiger partial charge in [-0.3, -0.25) is 0 Å². The van der Waals surface area contributed by atoms with Gasteiger partial charge in [0.2, 0.25) is 0 Å². The lowest BCUT2D eigenvalue weighted by molar-refractivity contribution is 0.594. The van der Waals surface area contributed by atoms with E-state index >= 15 is 0 Å². The van der Waals surface area contributed by atoms with Crippen LogP contribution in [-0.2, 0) is 21.3 Å². The first-order valence-electron chi connectivity index (χ1n) is 5.78. The van der Waals surface area contributed by atoms with Crippen molar-refractivity contribution in [2.75, 3.05) is 0 Å². The van der Waals surface area contributed by atoms with Gasteiger partial charge in [-0.25, -0.2) is 13.4 Å². The molecule has 0 saturated carbocycles. The molecule has 1 heterocycles. The molecule has 0 spiro atoms. The molecule has 0 amide bonds. The Labute approximate surface area is 122 Å². The lowest BCUT2D eigenvalue weighted by Gasteiger charge is -2.05. The fourth-order valence-corrected chi connectivity index (χ4v) is 3.38. The summed E-state index contributed by atoms with van der Waals surface area (Å²) in [7, 11) is -3.31. The van der Waals surface area contributed by atoms with Crippen LogP contribution in [0.5, 0.6) is 0 Å². The van der Waals surface area contributed by atoms with Crippen molar-refractivity contribution in [1.29, 1.82) is 5.26 Å². The number of pyridine rings is 1. The molecule has 0 atom stereocenters. The van der Waals surface area contributed by atoms with Crippen LogP contribution in [0.25, 0.3) is 0 Å². The van der Waals surface area contributed by atoms with E-state index in [0.717, 1.165) is 0 Å². The van der Waals surface area contributed by atoms with E-state index in [0.29, 0.717) is 16.1 Å². The molecule has 102 valence electrons. The van der Waals surface area contributed by atoms with Crippen molar-refractivity contribution < 1.29 is 8.42 Å². The summed E-state index contributed by atoms with van der Waals surface area (Å²) in [5.74, 6) is -0.179. The summed E-state index contributed by atoms with van der Waals surface area (Å²) >= 11 is 5.76. The topological polar surface area (TPSA) is 70.8 Å². The van der Waals surface area contributed by atoms with Gasteiger partial charge >= 0.3 is 0 Å². The van der Waals surface area contributed by atoms with Crippen LogP contribution in [0.2, 0.25) is 5.02 Å². The SMILES string of the molecule is N#Cc1cc(CS(=O)(=O)Cc2ccc(Cl)cc2)ccn1. The summed E-state index contributed by atoms with van der Waals surface area (Å²) in [5, 5.41) is 9.32. The zero-order valence-electron chi connectivity index (χ0n) is 10.5. The first-order valence-corrected chi connectivity index (χ1v) is 7.98. The van der Waals surface area contributed by atoms with Gasteiger partial charge in [0.15, 0.2) is 9.84 Å². The molecule has 2 rings (SSSR count). The van der Waals surface area contributed by atoms with Crippen molar-refractivity contribution in [2.45, 2.75) is 11.5 Å². The number of hydrogen-bond donors (Lipinski definition) is 0. The third kappa shape index (κ3) is 4.05. The fraction of sp³-hybridized carbons (Fsp3) is 0.143. The highest BCUT2D eigenvalue weighted by Gasteiger charge is 2.13. The standard InChI is InChI=1S/C14H11ClN2O2S/c15-13-3-1-11(2-4-13)9-20(18,19)10-12-5-6-17-14(7-12)8-16/h1-7H,9-10H2. The first-order chi connectivity index (χ1) is 9.48. The number of rotatable bonds is 4. The van der Waals surface area contributed by atoms with Crippen LogP contribution < -0.4 is 0 Å². The predicted octanol–water partition coefficient (Wildman–Crippen LogP) is 2.72. The Morgan fingerprint density at radius 3 is 2.40 bits per heavy atom. The zero-order chi connectivity index (χ0) is 14.6. The first kappa shape index (κ1) is 14.5. The van der Waals surface area contributed by atoms with Crippen LogP contribution in [0.15, 0.2) is 42.6 Å². The van der Waals surface area contributed by atoms with E-state index in [2.05, 4.69) is 4.98 Å². The molecule has 0 saturated heterocycles. The number of hydrogen-bond acceptors (Lipinski definition) is 4. The molecule has 0 aliphatic carbocycles. The second-order valence-electron chi connectivity index (χ2n) is 4.32. The lowest BCUT2D eigenvalue weighted by Crippen LogP contribution is -2.08. The number of nitriles is 1.